The van der Waals surface area contributed by atoms with Crippen molar-refractivity contribution in [2.45, 2.75) is 45.4 Å². The lowest BCUT2D eigenvalue weighted by Crippen LogP contribution is -1.77. The van der Waals surface area contributed by atoms with Crippen molar-refractivity contribution in [3.8, 4) is 0 Å². The van der Waals surface area contributed by atoms with Gasteiger partial charge in [0.15, 0.2) is 0 Å². The van der Waals surface area contributed by atoms with E-state index in [-0.39, 0.29) is 0 Å². The summed E-state index contributed by atoms with van der Waals surface area (Å²) in [5, 5.41) is 0. The molecule has 1 rings (SSSR count). The number of hydrogen-bond donors (Lipinski definition) is 0. The first kappa shape index (κ1) is 18.6. The van der Waals surface area contributed by atoms with Crippen molar-refractivity contribution in [1.82, 2.24) is 0 Å². The molecule has 0 atom stereocenters. The lowest BCUT2D eigenvalue weighted by molar-refractivity contribution is 0.967. The van der Waals surface area contributed by atoms with E-state index in [9.17, 15) is 0 Å². The van der Waals surface area contributed by atoms with Crippen molar-refractivity contribution >= 4 is 11.8 Å². The van der Waals surface area contributed by atoms with Crippen LogP contribution in [0.1, 0.15) is 40.5 Å². The molecule has 0 unspecified atom stereocenters. The highest BCUT2D eigenvalue weighted by molar-refractivity contribution is 7.99. The molecular formula is C21H28S. The van der Waals surface area contributed by atoms with Crippen molar-refractivity contribution in [2.75, 3.05) is 5.75 Å². The molecular weight excluding hydrogens is 284 g/mol. The highest BCUT2D eigenvalue weighted by atomic mass is 32.2. The molecule has 0 saturated carbocycles. The molecule has 118 valence electrons. The van der Waals surface area contributed by atoms with Crippen LogP contribution in [-0.2, 0) is 0 Å². The second-order valence-electron chi connectivity index (χ2n) is 5.76. The number of allylic oxidation sites excluding steroid dienone is 7. The van der Waals surface area contributed by atoms with E-state index in [0.29, 0.717) is 0 Å². The van der Waals surface area contributed by atoms with E-state index in [0.717, 1.165) is 18.6 Å². The largest absolute Gasteiger partial charge is 0.122 e. The minimum Gasteiger partial charge on any atom is -0.122 e. The van der Waals surface area contributed by atoms with Gasteiger partial charge in [0.2, 0.25) is 0 Å². The van der Waals surface area contributed by atoms with Crippen LogP contribution in [0.3, 0.4) is 0 Å². The number of benzene rings is 1. The van der Waals surface area contributed by atoms with E-state index < -0.39 is 0 Å². The Labute approximate surface area is 140 Å². The van der Waals surface area contributed by atoms with Gasteiger partial charge in [0.1, 0.15) is 0 Å². The van der Waals surface area contributed by atoms with E-state index in [4.69, 9.17) is 0 Å². The fourth-order valence-corrected chi connectivity index (χ4v) is 2.78. The van der Waals surface area contributed by atoms with Gasteiger partial charge in [-0.3, -0.25) is 0 Å². The fourth-order valence-electron chi connectivity index (χ4n) is 1.89. The predicted octanol–water partition coefficient (Wildman–Crippen LogP) is 6.97. The molecule has 1 heteroatoms. The maximum atomic E-state index is 2.30. The molecule has 0 aliphatic rings. The third-order valence-corrected chi connectivity index (χ3v) is 4.17. The van der Waals surface area contributed by atoms with Crippen molar-refractivity contribution in [2.24, 2.45) is 0 Å². The summed E-state index contributed by atoms with van der Waals surface area (Å²) in [4.78, 5) is 1.32. The summed E-state index contributed by atoms with van der Waals surface area (Å²) in [6.45, 7) is 8.67. The summed E-state index contributed by atoms with van der Waals surface area (Å²) in [6.07, 6.45) is 13.4. The van der Waals surface area contributed by atoms with Crippen molar-refractivity contribution in [3.05, 3.63) is 77.4 Å². The van der Waals surface area contributed by atoms with E-state index in [1.165, 1.54) is 21.6 Å². The van der Waals surface area contributed by atoms with Crippen molar-refractivity contribution < 1.29 is 0 Å². The topological polar surface area (TPSA) is 0 Å². The summed E-state index contributed by atoms with van der Waals surface area (Å²) in [5.41, 5.74) is 4.15. The van der Waals surface area contributed by atoms with Gasteiger partial charge in [-0.1, -0.05) is 65.3 Å². The van der Waals surface area contributed by atoms with Gasteiger partial charge in [0, 0.05) is 10.6 Å². The molecule has 0 N–H and O–H groups in total. The van der Waals surface area contributed by atoms with Crippen LogP contribution in [0.4, 0.5) is 0 Å². The first-order valence-electron chi connectivity index (χ1n) is 7.89. The fraction of sp³-hybridized carbons (Fsp3) is 0.333. The molecule has 0 bridgehead atoms. The van der Waals surface area contributed by atoms with Gasteiger partial charge < -0.3 is 0 Å². The van der Waals surface area contributed by atoms with E-state index >= 15 is 0 Å². The van der Waals surface area contributed by atoms with Gasteiger partial charge >= 0.3 is 0 Å². The zero-order chi connectivity index (χ0) is 16.2. The van der Waals surface area contributed by atoms with Gasteiger partial charge in [-0.15, -0.1) is 11.8 Å². The maximum Gasteiger partial charge on any atom is 0.0166 e. The quantitative estimate of drug-likeness (QED) is 0.283. The molecule has 0 aromatic heterocycles. The van der Waals surface area contributed by atoms with Gasteiger partial charge in [0.25, 0.3) is 0 Å². The first-order valence-corrected chi connectivity index (χ1v) is 8.88. The summed E-state index contributed by atoms with van der Waals surface area (Å²) in [5.74, 6) is 1.02. The monoisotopic (exact) mass is 312 g/mol. The normalized spacial score (nSPS) is 12.7. The average Bonchev–Trinajstić information content (AvgIpc) is 2.48. The molecule has 1 aromatic carbocycles. The smallest absolute Gasteiger partial charge is 0.0166 e. The molecule has 22 heavy (non-hydrogen) atoms. The first-order chi connectivity index (χ1) is 10.6. The minimum absolute atomic E-state index is 1.02. The Balaban J connectivity index is 2.34. The highest BCUT2D eigenvalue weighted by Crippen LogP contribution is 2.17. The third-order valence-electron chi connectivity index (χ3n) is 3.23. The van der Waals surface area contributed by atoms with Crippen LogP contribution in [0.25, 0.3) is 0 Å². The SMILES string of the molecule is CC(C)=CCC/C(C)=C/C=C/C(C)=C/CSc1ccccc1. The summed E-state index contributed by atoms with van der Waals surface area (Å²) in [7, 11) is 0. The molecule has 0 aliphatic carbocycles. The number of hydrogen-bond acceptors (Lipinski definition) is 1. The minimum atomic E-state index is 1.02. The third kappa shape index (κ3) is 9.46. The molecule has 0 spiro atoms. The van der Waals surface area contributed by atoms with Crippen LogP contribution in [-0.4, -0.2) is 5.75 Å². The van der Waals surface area contributed by atoms with Gasteiger partial charge in [-0.2, -0.15) is 0 Å². The summed E-state index contributed by atoms with van der Waals surface area (Å²) in [6, 6.07) is 10.5. The molecule has 0 radical (unpaired) electrons. The van der Waals surface area contributed by atoms with Gasteiger partial charge in [0.05, 0.1) is 0 Å². The predicted molar refractivity (Wildman–Crippen MR) is 102 cm³/mol. The summed E-state index contributed by atoms with van der Waals surface area (Å²) < 4.78 is 0. The van der Waals surface area contributed by atoms with Crippen LogP contribution in [0, 0.1) is 0 Å². The zero-order valence-corrected chi connectivity index (χ0v) is 15.1. The lowest BCUT2D eigenvalue weighted by Gasteiger charge is -1.98. The Bertz CT molecular complexity index is 541. The highest BCUT2D eigenvalue weighted by Gasteiger charge is 1.90. The number of rotatable bonds is 8. The lowest BCUT2D eigenvalue weighted by atomic mass is 10.1. The van der Waals surface area contributed by atoms with Crippen LogP contribution < -0.4 is 0 Å². The molecule has 1 aromatic rings. The van der Waals surface area contributed by atoms with Crippen molar-refractivity contribution in [3.63, 3.8) is 0 Å². The Hall–Kier alpha value is -1.47. The van der Waals surface area contributed by atoms with Crippen molar-refractivity contribution in [1.29, 1.82) is 0 Å². The van der Waals surface area contributed by atoms with E-state index in [1.807, 2.05) is 11.8 Å². The second-order valence-corrected chi connectivity index (χ2v) is 6.86. The molecule has 0 aliphatic heterocycles. The van der Waals surface area contributed by atoms with Crippen LogP contribution in [0.5, 0.6) is 0 Å². The van der Waals surface area contributed by atoms with Gasteiger partial charge in [-0.05, 0) is 52.7 Å². The zero-order valence-electron chi connectivity index (χ0n) is 14.3. The molecule has 0 amide bonds. The van der Waals surface area contributed by atoms with E-state index in [2.05, 4.69) is 88.4 Å². The standard InChI is InChI=1S/C21H28S/c1-18(2)10-8-11-19(3)12-9-13-20(4)16-17-22-21-14-6-5-7-15-21/h5-7,9-10,12-16H,8,11,17H2,1-4H3/b13-9+,19-12+,20-16+. The Morgan fingerprint density at radius 3 is 2.41 bits per heavy atom. The molecule has 0 heterocycles. The van der Waals surface area contributed by atoms with E-state index in [1.54, 1.807) is 0 Å². The van der Waals surface area contributed by atoms with Gasteiger partial charge in [-0.25, -0.2) is 0 Å². The Kier molecular flexibility index (Phi) is 9.41. The van der Waals surface area contributed by atoms with Crippen LogP contribution >= 0.6 is 11.8 Å². The maximum absolute atomic E-state index is 2.30. The Morgan fingerprint density at radius 2 is 1.73 bits per heavy atom. The molecule has 0 saturated heterocycles. The summed E-state index contributed by atoms with van der Waals surface area (Å²) >= 11 is 1.87. The number of thioether (sulfide) groups is 1. The molecule has 0 nitrogen and oxygen atoms in total. The van der Waals surface area contributed by atoms with Crippen LogP contribution in [0.2, 0.25) is 0 Å². The van der Waals surface area contributed by atoms with Crippen LogP contribution in [0.15, 0.2) is 82.3 Å². The molecule has 0 fully saturated rings. The Morgan fingerprint density at radius 1 is 1.00 bits per heavy atom. The second kappa shape index (κ2) is 11.1. The average molecular weight is 313 g/mol.